The van der Waals surface area contributed by atoms with Crippen molar-refractivity contribution < 1.29 is 31.4 Å². The van der Waals surface area contributed by atoms with E-state index in [9.17, 15) is 56.5 Å². The molecule has 3 heterocycles. The van der Waals surface area contributed by atoms with Crippen LogP contribution in [0.1, 0.15) is 48.6 Å². The minimum atomic E-state index is -1.66. The van der Waals surface area contributed by atoms with Crippen LogP contribution in [0.15, 0.2) is 148 Å². The van der Waals surface area contributed by atoms with Crippen LogP contribution in [0.4, 0.5) is 60.5 Å². The number of aromatic nitrogens is 6. The van der Waals surface area contributed by atoms with Gasteiger partial charge in [-0.05, 0) is 99.1 Å². The summed E-state index contributed by atoms with van der Waals surface area (Å²) >= 11 is 0. The molecule has 410 valence electrons. The van der Waals surface area contributed by atoms with E-state index in [1.165, 1.54) is 64.0 Å². The van der Waals surface area contributed by atoms with Gasteiger partial charge in [-0.2, -0.15) is 36.3 Å². The summed E-state index contributed by atoms with van der Waals surface area (Å²) in [6.07, 6.45) is 0. The zero-order valence-electron chi connectivity index (χ0n) is 43.4. The molecule has 0 unspecified atom stereocenters. The van der Waals surface area contributed by atoms with Gasteiger partial charge in [-0.1, -0.05) is 48.5 Å². The van der Waals surface area contributed by atoms with E-state index in [2.05, 4.69) is 31.2 Å². The third-order valence-electron chi connectivity index (χ3n) is 11.9. The largest absolute Gasteiger partial charge is 0.392 e. The zero-order valence-corrected chi connectivity index (χ0v) is 43.4. The highest BCUT2D eigenvalue weighted by atomic mass is 19.2. The van der Waals surface area contributed by atoms with Crippen LogP contribution in [0.2, 0.25) is 0 Å². The molecule has 0 bridgehead atoms. The van der Waals surface area contributed by atoms with Gasteiger partial charge in [0, 0.05) is 65.5 Å². The summed E-state index contributed by atoms with van der Waals surface area (Å²) in [6.45, 7) is 5.74. The second-order valence-electron chi connectivity index (χ2n) is 17.2. The fourth-order valence-electron chi connectivity index (χ4n) is 7.92. The fourth-order valence-corrected chi connectivity index (χ4v) is 7.92. The second-order valence-corrected chi connectivity index (χ2v) is 17.2. The summed E-state index contributed by atoms with van der Waals surface area (Å²) in [5, 5.41) is 67.9. The third kappa shape index (κ3) is 13.2. The molecule has 23 heteroatoms. The number of hydrogen-bond acceptors (Lipinski definition) is 14. The van der Waals surface area contributed by atoms with Crippen molar-refractivity contribution in [3.63, 3.8) is 0 Å². The maximum Gasteiger partial charge on any atom is 0.291 e. The molecule has 0 saturated heterocycles. The van der Waals surface area contributed by atoms with E-state index in [4.69, 9.17) is 10.4 Å². The molecular formula is C59H43F6N13O4. The molecule has 3 aromatic heterocycles. The molecule has 0 amide bonds. The Morgan fingerprint density at radius 1 is 0.451 bits per heavy atom. The molecule has 0 atom stereocenters. The van der Waals surface area contributed by atoms with E-state index in [1.54, 1.807) is 81.4 Å². The lowest BCUT2D eigenvalue weighted by Gasteiger charge is -2.14. The van der Waals surface area contributed by atoms with Gasteiger partial charge in [0.1, 0.15) is 86.5 Å². The first-order chi connectivity index (χ1) is 39.5. The lowest BCUT2D eigenvalue weighted by atomic mass is 10.1. The van der Waals surface area contributed by atoms with Crippen molar-refractivity contribution >= 4 is 34.1 Å². The Balaban J connectivity index is 0.000000177. The van der Waals surface area contributed by atoms with Crippen LogP contribution in [0.25, 0.3) is 33.8 Å². The van der Waals surface area contributed by atoms with Gasteiger partial charge >= 0.3 is 0 Å². The molecule has 9 aromatic rings. The monoisotopic (exact) mass is 1110 g/mol. The van der Waals surface area contributed by atoms with Gasteiger partial charge in [-0.25, -0.2) is 40.4 Å². The van der Waals surface area contributed by atoms with Crippen LogP contribution in [0, 0.1) is 80.2 Å². The maximum absolute atomic E-state index is 13.7. The van der Waals surface area contributed by atoms with Crippen molar-refractivity contribution in [2.75, 3.05) is 16.0 Å². The number of nitriles is 4. The Morgan fingerprint density at radius 3 is 1.07 bits per heavy atom. The number of rotatable bonds is 13. The summed E-state index contributed by atoms with van der Waals surface area (Å²) < 4.78 is 84.5. The van der Waals surface area contributed by atoms with Gasteiger partial charge in [0.25, 0.3) is 16.7 Å². The maximum atomic E-state index is 13.7. The van der Waals surface area contributed by atoms with E-state index in [0.717, 1.165) is 16.3 Å². The van der Waals surface area contributed by atoms with E-state index in [0.29, 0.717) is 46.7 Å². The molecule has 0 aliphatic heterocycles. The number of nitrogens with zero attached hydrogens (tertiary/aromatic N) is 10. The Kier molecular flexibility index (Phi) is 18.9. The van der Waals surface area contributed by atoms with Gasteiger partial charge < -0.3 is 21.1 Å². The van der Waals surface area contributed by atoms with E-state index < -0.39 is 51.6 Å². The number of aliphatic hydroxyl groups is 1. The van der Waals surface area contributed by atoms with Crippen LogP contribution >= 0.6 is 0 Å². The summed E-state index contributed by atoms with van der Waals surface area (Å²) in [4.78, 5) is 38.1. The first kappa shape index (κ1) is 58.5. The van der Waals surface area contributed by atoms with Gasteiger partial charge in [0.05, 0.1) is 18.2 Å². The highest BCUT2D eigenvalue weighted by molar-refractivity contribution is 5.79. The van der Waals surface area contributed by atoms with Crippen LogP contribution in [0.5, 0.6) is 0 Å². The predicted molar refractivity (Wildman–Crippen MR) is 293 cm³/mol. The number of hydrogen-bond donors (Lipinski definition) is 4. The average Bonchev–Trinajstić information content (AvgIpc) is 3.48. The molecule has 17 nitrogen and oxygen atoms in total. The quantitative estimate of drug-likeness (QED) is 0.0619. The molecule has 0 radical (unpaired) electrons. The third-order valence-corrected chi connectivity index (χ3v) is 11.9. The Hall–Kier alpha value is -11.1. The molecule has 0 saturated carbocycles. The van der Waals surface area contributed by atoms with Gasteiger partial charge in [0.15, 0.2) is 17.5 Å². The van der Waals surface area contributed by atoms with Crippen LogP contribution < -0.4 is 32.6 Å². The van der Waals surface area contributed by atoms with Crippen molar-refractivity contribution in [3.8, 4) is 58.0 Å². The zero-order chi connectivity index (χ0) is 59.2. The standard InChI is InChI=1S/C20H14FN5O.C20H17FN4O2.C19H12F4N4O/c1-2-26-20(27)19(24-16-8-6-13(11-22)7-9-16)17(12-23)18(25-26)14-4-3-5-15(21)10-14;1-2-25-20(27)19(23-16-8-6-13(12-26)7-9-16)17(11-22)18(24-25)14-4-3-5-15(21)10-14;1-2-27-19(28)18(25-12-7-14(21)16(23)15(22)8-12)13(9-24)17(26-27)10-4-3-5-11(20)6-10/h3-10,24H,2H2,1H3;3-10,23,26H,2,12H2,1H3;3-8,25H,2H2,1H3. The Bertz CT molecular complexity index is 4210. The Labute approximate surface area is 462 Å². The first-order valence-electron chi connectivity index (χ1n) is 24.6. The topological polar surface area (TPSA) is 256 Å². The SMILES string of the molecule is CCn1nc(-c2cccc(F)c2)c(C#N)c(Nc2cc(F)c(F)c(F)c2)c1=O.CCn1nc(-c2cccc(F)c2)c(C#N)c(Nc2ccc(C#N)cc2)c1=O.CCn1nc(-c2cccc(F)c2)c(C#N)c(Nc2ccc(CO)cc2)c1=O. The van der Waals surface area contributed by atoms with Crippen LogP contribution in [0.3, 0.4) is 0 Å². The molecule has 82 heavy (non-hydrogen) atoms. The van der Waals surface area contributed by atoms with Crippen molar-refractivity contribution in [2.24, 2.45) is 0 Å². The van der Waals surface area contributed by atoms with Crippen LogP contribution in [-0.2, 0) is 26.2 Å². The normalized spacial score (nSPS) is 10.4. The van der Waals surface area contributed by atoms with E-state index >= 15 is 0 Å². The molecule has 4 N–H and O–H groups in total. The van der Waals surface area contributed by atoms with Gasteiger partial charge in [-0.3, -0.25) is 14.4 Å². The summed E-state index contributed by atoms with van der Waals surface area (Å²) in [6, 6.07) is 39.1. The number of nitrogens with one attached hydrogen (secondary N) is 3. The predicted octanol–water partition coefficient (Wildman–Crippen LogP) is 10.8. The first-order valence-corrected chi connectivity index (χ1v) is 24.6. The number of aryl methyl sites for hydroxylation is 3. The minimum absolute atomic E-state index is 0.00834. The number of anilines is 6. The molecule has 0 aliphatic carbocycles. The number of halogens is 6. The summed E-state index contributed by atoms with van der Waals surface area (Å²) in [7, 11) is 0. The van der Waals surface area contributed by atoms with Gasteiger partial charge in [0.2, 0.25) is 0 Å². The smallest absolute Gasteiger partial charge is 0.291 e. The average molecular weight is 1110 g/mol. The Morgan fingerprint density at radius 2 is 0.780 bits per heavy atom. The fraction of sp³-hybridized carbons (Fsp3) is 0.119. The van der Waals surface area contributed by atoms with E-state index in [-0.39, 0.29) is 81.8 Å². The van der Waals surface area contributed by atoms with Crippen molar-refractivity contribution in [1.82, 2.24) is 29.3 Å². The summed E-state index contributed by atoms with van der Waals surface area (Å²) in [5.74, 6) is -6.08. The second kappa shape index (κ2) is 26.5. The molecule has 9 rings (SSSR count). The molecular weight excluding hydrogens is 1070 g/mol. The minimum Gasteiger partial charge on any atom is -0.392 e. The van der Waals surface area contributed by atoms with Crippen molar-refractivity contribution in [1.29, 1.82) is 21.0 Å². The van der Waals surface area contributed by atoms with E-state index in [1.807, 2.05) is 24.3 Å². The lowest BCUT2D eigenvalue weighted by molar-refractivity contribution is 0.282. The number of aliphatic hydroxyl groups excluding tert-OH is 1. The molecule has 0 spiro atoms. The molecule has 0 fully saturated rings. The van der Waals surface area contributed by atoms with Gasteiger partial charge in [-0.15, -0.1) is 0 Å². The summed E-state index contributed by atoms with van der Waals surface area (Å²) in [5.41, 5.74) is 1.55. The highest BCUT2D eigenvalue weighted by Crippen LogP contribution is 2.31. The van der Waals surface area contributed by atoms with Crippen molar-refractivity contribution in [3.05, 3.63) is 227 Å². The van der Waals surface area contributed by atoms with Crippen LogP contribution in [-0.4, -0.2) is 34.4 Å². The molecule has 0 aliphatic rings. The van der Waals surface area contributed by atoms with Crippen molar-refractivity contribution in [2.45, 2.75) is 47.0 Å². The number of benzene rings is 6. The lowest BCUT2D eigenvalue weighted by Crippen LogP contribution is -2.26. The molecule has 6 aromatic carbocycles. The highest BCUT2D eigenvalue weighted by Gasteiger charge is 2.23.